The van der Waals surface area contributed by atoms with Gasteiger partial charge in [0.15, 0.2) is 0 Å². The smallest absolute Gasteiger partial charge is 0.387 e. The van der Waals surface area contributed by atoms with Crippen molar-refractivity contribution in [2.75, 3.05) is 0 Å². The lowest BCUT2D eigenvalue weighted by molar-refractivity contribution is -0.129. The summed E-state index contributed by atoms with van der Waals surface area (Å²) in [6.45, 7) is -1.08. The van der Waals surface area contributed by atoms with Gasteiger partial charge in [-0.3, -0.25) is 4.79 Å². The molecule has 1 atom stereocenters. The van der Waals surface area contributed by atoms with E-state index >= 15 is 0 Å². The number of ether oxygens (including phenoxy) is 1. The zero-order valence-electron chi connectivity index (χ0n) is 11.2. The molecule has 0 aliphatic heterocycles. The van der Waals surface area contributed by atoms with Gasteiger partial charge in [-0.15, -0.1) is 0 Å². The zero-order valence-corrected chi connectivity index (χ0v) is 11.2. The van der Waals surface area contributed by atoms with Crippen molar-refractivity contribution in [3.05, 3.63) is 29.8 Å². The van der Waals surface area contributed by atoms with Crippen molar-refractivity contribution in [1.29, 1.82) is 0 Å². The maximum atomic E-state index is 12.2. The summed E-state index contributed by atoms with van der Waals surface area (Å²) in [5, 5.41) is 2.81. The Morgan fingerprint density at radius 3 is 2.70 bits per heavy atom. The van der Waals surface area contributed by atoms with Gasteiger partial charge in [0.2, 0.25) is 5.91 Å². The Kier molecular flexibility index (Phi) is 4.23. The van der Waals surface area contributed by atoms with Crippen molar-refractivity contribution >= 4 is 5.91 Å². The van der Waals surface area contributed by atoms with E-state index in [-0.39, 0.29) is 17.7 Å². The predicted molar refractivity (Wildman–Crippen MR) is 70.4 cm³/mol. The SMILES string of the molecule is CC(NC(=O)C1(N)CCC1)c1cccc(OC(F)F)c1. The third-order valence-electron chi connectivity index (χ3n) is 3.63. The third-order valence-corrected chi connectivity index (χ3v) is 3.63. The predicted octanol–water partition coefficient (Wildman–Crippen LogP) is 2.35. The van der Waals surface area contributed by atoms with Crippen LogP contribution in [0, 0.1) is 0 Å². The van der Waals surface area contributed by atoms with Crippen LogP contribution in [0.2, 0.25) is 0 Å². The van der Waals surface area contributed by atoms with Gasteiger partial charge in [-0.2, -0.15) is 8.78 Å². The first-order valence-electron chi connectivity index (χ1n) is 6.55. The van der Waals surface area contributed by atoms with Crippen LogP contribution in [-0.2, 0) is 4.79 Å². The summed E-state index contributed by atoms with van der Waals surface area (Å²) in [5.74, 6) is -0.124. The normalized spacial score (nSPS) is 18.2. The van der Waals surface area contributed by atoms with Crippen molar-refractivity contribution in [2.24, 2.45) is 5.73 Å². The van der Waals surface area contributed by atoms with E-state index in [1.54, 1.807) is 19.1 Å². The highest BCUT2D eigenvalue weighted by atomic mass is 19.3. The van der Waals surface area contributed by atoms with Crippen LogP contribution in [-0.4, -0.2) is 18.1 Å². The Labute approximate surface area is 116 Å². The van der Waals surface area contributed by atoms with Crippen molar-refractivity contribution in [1.82, 2.24) is 5.32 Å². The molecule has 0 bridgehead atoms. The molecule has 4 nitrogen and oxygen atoms in total. The fourth-order valence-corrected chi connectivity index (χ4v) is 2.17. The summed E-state index contributed by atoms with van der Waals surface area (Å²) in [4.78, 5) is 12.0. The molecule has 1 aliphatic carbocycles. The molecule has 1 aliphatic rings. The molecule has 6 heteroatoms. The van der Waals surface area contributed by atoms with Gasteiger partial charge in [-0.1, -0.05) is 12.1 Å². The number of nitrogens with two attached hydrogens (primary N) is 1. The minimum atomic E-state index is -2.86. The van der Waals surface area contributed by atoms with Crippen LogP contribution in [0.15, 0.2) is 24.3 Å². The molecule has 110 valence electrons. The number of alkyl halides is 2. The van der Waals surface area contributed by atoms with Crippen molar-refractivity contribution in [2.45, 2.75) is 44.4 Å². The summed E-state index contributed by atoms with van der Waals surface area (Å²) in [7, 11) is 0. The van der Waals surface area contributed by atoms with Gasteiger partial charge in [0, 0.05) is 0 Å². The van der Waals surface area contributed by atoms with Crippen molar-refractivity contribution in [3.8, 4) is 5.75 Å². The second kappa shape index (κ2) is 5.75. The lowest BCUT2D eigenvalue weighted by atomic mass is 9.77. The van der Waals surface area contributed by atoms with Gasteiger partial charge < -0.3 is 15.8 Å². The van der Waals surface area contributed by atoms with Crippen LogP contribution in [0.4, 0.5) is 8.78 Å². The molecule has 20 heavy (non-hydrogen) atoms. The lowest BCUT2D eigenvalue weighted by Crippen LogP contribution is -2.58. The summed E-state index contributed by atoms with van der Waals surface area (Å²) in [6, 6.07) is 5.97. The quantitative estimate of drug-likeness (QED) is 0.872. The Bertz CT molecular complexity index is 490. The molecular weight excluding hydrogens is 266 g/mol. The number of nitrogens with one attached hydrogen (secondary N) is 1. The molecule has 0 spiro atoms. The van der Waals surface area contributed by atoms with Gasteiger partial charge >= 0.3 is 6.61 Å². The second-order valence-corrected chi connectivity index (χ2v) is 5.16. The summed E-state index contributed by atoms with van der Waals surface area (Å²) >= 11 is 0. The second-order valence-electron chi connectivity index (χ2n) is 5.16. The highest BCUT2D eigenvalue weighted by molar-refractivity contribution is 5.87. The molecule has 2 rings (SSSR count). The first-order chi connectivity index (χ1) is 9.40. The van der Waals surface area contributed by atoms with Gasteiger partial charge in [-0.05, 0) is 43.9 Å². The number of rotatable bonds is 5. The summed E-state index contributed by atoms with van der Waals surface area (Å²) < 4.78 is 28.7. The molecule has 0 saturated heterocycles. The maximum Gasteiger partial charge on any atom is 0.387 e. The monoisotopic (exact) mass is 284 g/mol. The number of benzene rings is 1. The van der Waals surface area contributed by atoms with Crippen LogP contribution >= 0.6 is 0 Å². The molecule has 1 unspecified atom stereocenters. The van der Waals surface area contributed by atoms with E-state index in [4.69, 9.17) is 5.73 Å². The molecule has 1 aromatic carbocycles. The first-order valence-corrected chi connectivity index (χ1v) is 6.55. The Hall–Kier alpha value is -1.69. The van der Waals surface area contributed by atoms with Crippen LogP contribution in [0.25, 0.3) is 0 Å². The fraction of sp³-hybridized carbons (Fsp3) is 0.500. The van der Waals surface area contributed by atoms with E-state index in [1.807, 2.05) is 0 Å². The molecule has 0 aromatic heterocycles. The minimum absolute atomic E-state index is 0.0738. The molecule has 0 radical (unpaired) electrons. The average molecular weight is 284 g/mol. The largest absolute Gasteiger partial charge is 0.435 e. The number of halogens is 2. The van der Waals surface area contributed by atoms with Gasteiger partial charge in [0.25, 0.3) is 0 Å². The van der Waals surface area contributed by atoms with E-state index in [9.17, 15) is 13.6 Å². The summed E-state index contributed by atoms with van der Waals surface area (Å²) in [6.07, 6.45) is 2.32. The number of hydrogen-bond donors (Lipinski definition) is 2. The molecule has 1 aromatic rings. The van der Waals surface area contributed by atoms with E-state index in [1.165, 1.54) is 12.1 Å². The molecule has 1 fully saturated rings. The van der Waals surface area contributed by atoms with E-state index in [0.717, 1.165) is 6.42 Å². The van der Waals surface area contributed by atoms with Crippen LogP contribution in [0.3, 0.4) is 0 Å². The number of carbonyl (C=O) groups excluding carboxylic acids is 1. The Morgan fingerprint density at radius 2 is 2.15 bits per heavy atom. The topological polar surface area (TPSA) is 64.4 Å². The summed E-state index contributed by atoms with van der Waals surface area (Å²) in [5.41, 5.74) is 5.85. The van der Waals surface area contributed by atoms with E-state index < -0.39 is 12.2 Å². The van der Waals surface area contributed by atoms with Gasteiger partial charge in [0.1, 0.15) is 5.75 Å². The zero-order chi connectivity index (χ0) is 14.8. The van der Waals surface area contributed by atoms with Crippen LogP contribution in [0.1, 0.15) is 37.8 Å². The third kappa shape index (κ3) is 3.25. The molecule has 0 heterocycles. The average Bonchev–Trinajstić information content (AvgIpc) is 2.35. The Morgan fingerprint density at radius 1 is 1.45 bits per heavy atom. The molecular formula is C14H18F2N2O2. The molecule has 3 N–H and O–H groups in total. The molecule has 1 amide bonds. The number of amides is 1. The number of carbonyl (C=O) groups is 1. The van der Waals surface area contributed by atoms with Gasteiger partial charge in [0.05, 0.1) is 11.6 Å². The van der Waals surface area contributed by atoms with Crippen molar-refractivity contribution < 1.29 is 18.3 Å². The lowest BCUT2D eigenvalue weighted by Gasteiger charge is -2.37. The number of hydrogen-bond acceptors (Lipinski definition) is 3. The van der Waals surface area contributed by atoms with Crippen molar-refractivity contribution in [3.63, 3.8) is 0 Å². The Balaban J connectivity index is 2.01. The fourth-order valence-electron chi connectivity index (χ4n) is 2.17. The highest BCUT2D eigenvalue weighted by Crippen LogP contribution is 2.30. The van der Waals surface area contributed by atoms with E-state index in [0.29, 0.717) is 18.4 Å². The first kappa shape index (κ1) is 14.7. The standard InChI is InChI=1S/C14H18F2N2O2/c1-9(18-12(19)14(17)6-3-7-14)10-4-2-5-11(8-10)20-13(15)16/h2,4-5,8-9,13H,3,6-7,17H2,1H3,(H,18,19). The van der Waals surface area contributed by atoms with Crippen LogP contribution < -0.4 is 15.8 Å². The van der Waals surface area contributed by atoms with Gasteiger partial charge in [-0.25, -0.2) is 0 Å². The highest BCUT2D eigenvalue weighted by Gasteiger charge is 2.40. The van der Waals surface area contributed by atoms with E-state index in [2.05, 4.69) is 10.1 Å². The van der Waals surface area contributed by atoms with Crippen LogP contribution in [0.5, 0.6) is 5.75 Å². The maximum absolute atomic E-state index is 12.2. The molecule has 1 saturated carbocycles. The minimum Gasteiger partial charge on any atom is -0.435 e.